The summed E-state index contributed by atoms with van der Waals surface area (Å²) in [5.74, 6) is 0.961. The number of anilines is 1. The first-order chi connectivity index (χ1) is 13.0. The van der Waals surface area contributed by atoms with Gasteiger partial charge >= 0.3 is 0 Å². The molecular weight excluding hydrogens is 342 g/mol. The van der Waals surface area contributed by atoms with Gasteiger partial charge in [-0.05, 0) is 31.9 Å². The van der Waals surface area contributed by atoms with Crippen molar-refractivity contribution < 1.29 is 10.2 Å². The minimum absolute atomic E-state index is 0.0385. The fourth-order valence-electron chi connectivity index (χ4n) is 3.75. The highest BCUT2D eigenvalue weighted by Gasteiger charge is 2.41. The first-order valence-corrected chi connectivity index (χ1v) is 9.28. The van der Waals surface area contributed by atoms with Crippen LogP contribution in [0.15, 0.2) is 24.4 Å². The van der Waals surface area contributed by atoms with E-state index in [0.29, 0.717) is 42.4 Å². The van der Waals surface area contributed by atoms with Gasteiger partial charge in [-0.3, -0.25) is 0 Å². The van der Waals surface area contributed by atoms with Crippen molar-refractivity contribution in [2.24, 2.45) is 5.41 Å². The van der Waals surface area contributed by atoms with Crippen LogP contribution < -0.4 is 4.90 Å². The lowest BCUT2D eigenvalue weighted by Crippen LogP contribution is -2.53. The van der Waals surface area contributed by atoms with Crippen molar-refractivity contribution in [1.82, 2.24) is 15.0 Å². The maximum absolute atomic E-state index is 10.7. The van der Waals surface area contributed by atoms with Crippen LogP contribution in [0.25, 0.3) is 11.5 Å². The highest BCUT2D eigenvalue weighted by Crippen LogP contribution is 2.37. The number of nitriles is 1. The van der Waals surface area contributed by atoms with Gasteiger partial charge in [-0.1, -0.05) is 19.4 Å². The molecule has 0 radical (unpaired) electrons. The van der Waals surface area contributed by atoms with Crippen LogP contribution in [0.4, 0.5) is 5.82 Å². The molecule has 1 saturated heterocycles. The topological polar surface area (TPSA) is 106 Å². The molecule has 7 nitrogen and oxygen atoms in total. The molecule has 0 saturated carbocycles. The molecule has 1 aliphatic rings. The van der Waals surface area contributed by atoms with Gasteiger partial charge in [0.2, 0.25) is 0 Å². The summed E-state index contributed by atoms with van der Waals surface area (Å²) in [6.45, 7) is 4.85. The second-order valence-corrected chi connectivity index (χ2v) is 7.19. The van der Waals surface area contributed by atoms with E-state index in [2.05, 4.69) is 27.9 Å². The van der Waals surface area contributed by atoms with Gasteiger partial charge in [0.25, 0.3) is 0 Å². The lowest BCUT2D eigenvalue weighted by Gasteiger charge is -2.45. The SMILES string of the molecule is CCC[C@]1(CO)CCN(c2nc(-c3cccc(C)n3)ncc2C#N)C[C@@H]1O. The van der Waals surface area contributed by atoms with Crippen LogP contribution in [0.1, 0.15) is 37.4 Å². The summed E-state index contributed by atoms with van der Waals surface area (Å²) in [5, 5.41) is 30.1. The number of piperidine rings is 1. The number of hydrogen-bond acceptors (Lipinski definition) is 7. The number of pyridine rings is 1. The van der Waals surface area contributed by atoms with Crippen LogP contribution in [0.3, 0.4) is 0 Å². The third-order valence-corrected chi connectivity index (χ3v) is 5.35. The van der Waals surface area contributed by atoms with Crippen molar-refractivity contribution >= 4 is 5.82 Å². The average Bonchev–Trinajstić information content (AvgIpc) is 2.69. The number of aliphatic hydroxyl groups excluding tert-OH is 2. The molecule has 0 spiro atoms. The van der Waals surface area contributed by atoms with Crippen molar-refractivity contribution in [3.8, 4) is 17.6 Å². The molecule has 0 unspecified atom stereocenters. The monoisotopic (exact) mass is 367 g/mol. The van der Waals surface area contributed by atoms with E-state index in [0.717, 1.165) is 18.5 Å². The van der Waals surface area contributed by atoms with E-state index in [1.165, 1.54) is 6.20 Å². The summed E-state index contributed by atoms with van der Waals surface area (Å²) in [4.78, 5) is 15.2. The predicted molar refractivity (Wildman–Crippen MR) is 102 cm³/mol. The standard InChI is InChI=1S/C20H25N5O2/c1-3-7-20(13-26)8-9-25(12-17(20)27)19-15(10-21)11-22-18(24-19)16-6-4-5-14(2)23-16/h4-6,11,17,26-27H,3,7-9,12-13H2,1-2H3/t17-,20+/m0/s1. The van der Waals surface area contributed by atoms with Gasteiger partial charge in [0.05, 0.1) is 18.9 Å². The van der Waals surface area contributed by atoms with E-state index >= 15 is 0 Å². The first-order valence-electron chi connectivity index (χ1n) is 9.28. The zero-order valence-electron chi connectivity index (χ0n) is 15.8. The van der Waals surface area contributed by atoms with Gasteiger partial charge in [0.15, 0.2) is 11.6 Å². The van der Waals surface area contributed by atoms with Crippen LogP contribution in [0, 0.1) is 23.7 Å². The third kappa shape index (κ3) is 3.77. The molecule has 2 aromatic heterocycles. The van der Waals surface area contributed by atoms with Crippen LogP contribution in [-0.4, -0.2) is 51.0 Å². The zero-order valence-corrected chi connectivity index (χ0v) is 15.8. The maximum Gasteiger partial charge on any atom is 0.180 e. The molecule has 7 heteroatoms. The molecule has 1 aliphatic heterocycles. The quantitative estimate of drug-likeness (QED) is 0.833. The van der Waals surface area contributed by atoms with E-state index in [1.54, 1.807) is 0 Å². The normalized spacial score (nSPS) is 22.5. The Hall–Kier alpha value is -2.56. The molecule has 2 N–H and O–H groups in total. The van der Waals surface area contributed by atoms with Crippen LogP contribution in [-0.2, 0) is 0 Å². The van der Waals surface area contributed by atoms with Gasteiger partial charge in [0, 0.05) is 24.2 Å². The van der Waals surface area contributed by atoms with E-state index in [-0.39, 0.29) is 6.61 Å². The number of aromatic nitrogens is 3. The van der Waals surface area contributed by atoms with Crippen molar-refractivity contribution in [3.63, 3.8) is 0 Å². The van der Waals surface area contributed by atoms with E-state index < -0.39 is 11.5 Å². The van der Waals surface area contributed by atoms with Crippen molar-refractivity contribution in [3.05, 3.63) is 35.7 Å². The molecule has 0 aromatic carbocycles. The van der Waals surface area contributed by atoms with E-state index in [4.69, 9.17) is 0 Å². The van der Waals surface area contributed by atoms with Gasteiger partial charge < -0.3 is 15.1 Å². The third-order valence-electron chi connectivity index (χ3n) is 5.35. The van der Waals surface area contributed by atoms with Gasteiger partial charge in [-0.25, -0.2) is 15.0 Å². The number of β-amino-alcohol motifs (C(OH)–C–C–N with tert-alkyl or cyclic N) is 1. The molecule has 3 rings (SSSR count). The summed E-state index contributed by atoms with van der Waals surface area (Å²) < 4.78 is 0. The Bertz CT molecular complexity index is 851. The Morgan fingerprint density at radius 1 is 1.37 bits per heavy atom. The predicted octanol–water partition coefficient (Wildman–Crippen LogP) is 2.07. The highest BCUT2D eigenvalue weighted by molar-refractivity contribution is 5.59. The van der Waals surface area contributed by atoms with Crippen molar-refractivity contribution in [2.45, 2.75) is 39.2 Å². The Balaban J connectivity index is 1.92. The number of aryl methyl sites for hydroxylation is 1. The second-order valence-electron chi connectivity index (χ2n) is 7.19. The molecule has 142 valence electrons. The van der Waals surface area contributed by atoms with Gasteiger partial charge in [-0.2, -0.15) is 5.26 Å². The smallest absolute Gasteiger partial charge is 0.180 e. The number of nitrogens with zero attached hydrogens (tertiary/aromatic N) is 5. The molecule has 2 aromatic rings. The largest absolute Gasteiger partial charge is 0.396 e. The minimum atomic E-state index is -0.682. The summed E-state index contributed by atoms with van der Waals surface area (Å²) in [6, 6.07) is 7.77. The molecule has 0 aliphatic carbocycles. The molecular formula is C20H25N5O2. The Labute approximate surface area is 159 Å². The maximum atomic E-state index is 10.7. The Kier molecular flexibility index (Phi) is 5.68. The van der Waals surface area contributed by atoms with Crippen LogP contribution >= 0.6 is 0 Å². The summed E-state index contributed by atoms with van der Waals surface area (Å²) in [6.07, 6.45) is 3.14. The highest BCUT2D eigenvalue weighted by atomic mass is 16.3. The Morgan fingerprint density at radius 2 is 2.19 bits per heavy atom. The summed E-state index contributed by atoms with van der Waals surface area (Å²) in [5.41, 5.74) is 1.40. The number of hydrogen-bond donors (Lipinski definition) is 2. The fourth-order valence-corrected chi connectivity index (χ4v) is 3.75. The summed E-state index contributed by atoms with van der Waals surface area (Å²) >= 11 is 0. The van der Waals surface area contributed by atoms with Gasteiger partial charge in [0.1, 0.15) is 17.3 Å². The fraction of sp³-hybridized carbons (Fsp3) is 0.500. The minimum Gasteiger partial charge on any atom is -0.396 e. The van der Waals surface area contributed by atoms with E-state index in [1.807, 2.05) is 30.0 Å². The molecule has 3 heterocycles. The lowest BCUT2D eigenvalue weighted by atomic mass is 9.73. The number of rotatable bonds is 5. The zero-order chi connectivity index (χ0) is 19.4. The first kappa shape index (κ1) is 19.2. The second kappa shape index (κ2) is 7.99. The van der Waals surface area contributed by atoms with Crippen LogP contribution in [0.2, 0.25) is 0 Å². The molecule has 1 fully saturated rings. The number of aliphatic hydroxyl groups is 2. The van der Waals surface area contributed by atoms with Crippen LogP contribution in [0.5, 0.6) is 0 Å². The average molecular weight is 367 g/mol. The molecule has 0 amide bonds. The molecule has 2 atom stereocenters. The molecule has 0 bridgehead atoms. The molecule has 27 heavy (non-hydrogen) atoms. The summed E-state index contributed by atoms with van der Waals surface area (Å²) in [7, 11) is 0. The van der Waals surface area contributed by atoms with Gasteiger partial charge in [-0.15, -0.1) is 0 Å². The van der Waals surface area contributed by atoms with E-state index in [9.17, 15) is 15.5 Å². The van der Waals surface area contributed by atoms with Crippen molar-refractivity contribution in [2.75, 3.05) is 24.6 Å². The Morgan fingerprint density at radius 3 is 2.81 bits per heavy atom. The lowest BCUT2D eigenvalue weighted by molar-refractivity contribution is -0.0372. The van der Waals surface area contributed by atoms with Crippen molar-refractivity contribution in [1.29, 1.82) is 5.26 Å².